The predicted octanol–water partition coefficient (Wildman–Crippen LogP) is 3.13. The van der Waals surface area contributed by atoms with Crippen LogP contribution in [0.4, 0.5) is 10.5 Å². The van der Waals surface area contributed by atoms with Crippen molar-refractivity contribution >= 4 is 17.6 Å². The highest BCUT2D eigenvalue weighted by Gasteiger charge is 2.15. The summed E-state index contributed by atoms with van der Waals surface area (Å²) in [5, 5.41) is 7.81. The summed E-state index contributed by atoms with van der Waals surface area (Å²) in [6.45, 7) is 3.93. The summed E-state index contributed by atoms with van der Waals surface area (Å²) in [5.74, 6) is 1.06. The lowest BCUT2D eigenvalue weighted by Gasteiger charge is -2.15. The third kappa shape index (κ3) is 5.31. The molecule has 126 valence electrons. The fraction of sp³-hybridized carbons (Fsp3) is 0.222. The van der Waals surface area contributed by atoms with E-state index in [9.17, 15) is 9.59 Å². The van der Waals surface area contributed by atoms with Crippen molar-refractivity contribution in [2.75, 3.05) is 11.9 Å². The maximum Gasteiger partial charge on any atom is 0.321 e. The number of urea groups is 1. The highest BCUT2D eigenvalue weighted by Crippen LogP contribution is 2.22. The van der Waals surface area contributed by atoms with E-state index in [0.717, 1.165) is 11.4 Å². The molecule has 0 radical (unpaired) electrons. The summed E-state index contributed by atoms with van der Waals surface area (Å²) in [7, 11) is 0. The van der Waals surface area contributed by atoms with Gasteiger partial charge in [0.25, 0.3) is 0 Å². The molecule has 0 aliphatic heterocycles. The monoisotopic (exact) mass is 327 g/mol. The van der Waals surface area contributed by atoms with Gasteiger partial charge in [-0.2, -0.15) is 0 Å². The zero-order chi connectivity index (χ0) is 17.4. The lowest BCUT2D eigenvalue weighted by atomic mass is 10.2. The van der Waals surface area contributed by atoms with Gasteiger partial charge < -0.3 is 15.4 Å². The minimum atomic E-state index is -0.548. The third-order valence-corrected chi connectivity index (χ3v) is 3.18. The van der Waals surface area contributed by atoms with Crippen LogP contribution < -0.4 is 20.7 Å². The fourth-order valence-electron chi connectivity index (χ4n) is 1.98. The number of benzene rings is 2. The molecule has 0 unspecified atom stereocenters. The van der Waals surface area contributed by atoms with Gasteiger partial charge in [0.15, 0.2) is 0 Å². The largest absolute Gasteiger partial charge is 0.457 e. The predicted molar refractivity (Wildman–Crippen MR) is 93.3 cm³/mol. The number of anilines is 1. The first-order valence-corrected chi connectivity index (χ1v) is 7.76. The summed E-state index contributed by atoms with van der Waals surface area (Å²) < 4.78 is 5.71. The molecule has 0 heterocycles. The van der Waals surface area contributed by atoms with Crippen LogP contribution in [0.25, 0.3) is 0 Å². The SMILES string of the molecule is CCNC(=O)NC(=O)[C@@H](C)Nc1ccc(Oc2ccccc2)cc1. The number of ether oxygens (including phenoxy) is 1. The summed E-state index contributed by atoms with van der Waals surface area (Å²) in [6, 6.07) is 15.7. The van der Waals surface area contributed by atoms with E-state index in [1.165, 1.54) is 0 Å². The average Bonchev–Trinajstić information content (AvgIpc) is 2.57. The minimum absolute atomic E-state index is 0.398. The van der Waals surface area contributed by atoms with Crippen LogP contribution in [0.2, 0.25) is 0 Å². The van der Waals surface area contributed by atoms with Gasteiger partial charge in [-0.05, 0) is 50.2 Å². The van der Waals surface area contributed by atoms with E-state index >= 15 is 0 Å². The Kier molecular flexibility index (Phi) is 6.19. The van der Waals surface area contributed by atoms with E-state index in [0.29, 0.717) is 12.3 Å². The van der Waals surface area contributed by atoms with Gasteiger partial charge >= 0.3 is 6.03 Å². The third-order valence-electron chi connectivity index (χ3n) is 3.18. The molecule has 0 saturated carbocycles. The number of amides is 3. The second kappa shape index (κ2) is 8.57. The van der Waals surface area contributed by atoms with Gasteiger partial charge in [0.05, 0.1) is 0 Å². The fourth-order valence-corrected chi connectivity index (χ4v) is 1.98. The van der Waals surface area contributed by atoms with Gasteiger partial charge in [0.1, 0.15) is 17.5 Å². The van der Waals surface area contributed by atoms with Crippen LogP contribution in [0.3, 0.4) is 0 Å². The van der Waals surface area contributed by atoms with Crippen LogP contribution >= 0.6 is 0 Å². The Balaban J connectivity index is 1.89. The Morgan fingerprint density at radius 1 is 1.00 bits per heavy atom. The van der Waals surface area contributed by atoms with E-state index in [1.807, 2.05) is 54.6 Å². The zero-order valence-corrected chi connectivity index (χ0v) is 13.7. The Morgan fingerprint density at radius 2 is 1.62 bits per heavy atom. The molecule has 0 aromatic heterocycles. The number of hydrogen-bond acceptors (Lipinski definition) is 4. The minimum Gasteiger partial charge on any atom is -0.457 e. The van der Waals surface area contributed by atoms with Crippen molar-refractivity contribution in [1.82, 2.24) is 10.6 Å². The van der Waals surface area contributed by atoms with Gasteiger partial charge in [0, 0.05) is 12.2 Å². The number of nitrogens with one attached hydrogen (secondary N) is 3. The summed E-state index contributed by atoms with van der Waals surface area (Å²) >= 11 is 0. The molecule has 2 aromatic rings. The first kappa shape index (κ1) is 17.3. The number of rotatable bonds is 6. The number of carbonyl (C=O) groups is 2. The molecule has 0 aliphatic carbocycles. The van der Waals surface area contributed by atoms with Gasteiger partial charge in [-0.1, -0.05) is 18.2 Å². The molecule has 0 fully saturated rings. The van der Waals surface area contributed by atoms with E-state index in [-0.39, 0.29) is 0 Å². The van der Waals surface area contributed by atoms with Crippen LogP contribution in [0, 0.1) is 0 Å². The van der Waals surface area contributed by atoms with E-state index in [4.69, 9.17) is 4.74 Å². The Morgan fingerprint density at radius 3 is 2.25 bits per heavy atom. The van der Waals surface area contributed by atoms with Crippen LogP contribution in [0.1, 0.15) is 13.8 Å². The molecule has 6 nitrogen and oxygen atoms in total. The molecule has 0 saturated heterocycles. The maximum absolute atomic E-state index is 11.9. The van der Waals surface area contributed by atoms with E-state index < -0.39 is 18.0 Å². The van der Waals surface area contributed by atoms with Crippen molar-refractivity contribution in [3.05, 3.63) is 54.6 Å². The first-order valence-electron chi connectivity index (χ1n) is 7.76. The van der Waals surface area contributed by atoms with Crippen LogP contribution in [0.15, 0.2) is 54.6 Å². The van der Waals surface area contributed by atoms with Gasteiger partial charge in [0.2, 0.25) is 5.91 Å². The van der Waals surface area contributed by atoms with Crippen molar-refractivity contribution in [1.29, 1.82) is 0 Å². The Hall–Kier alpha value is -3.02. The summed E-state index contributed by atoms with van der Waals surface area (Å²) in [5.41, 5.74) is 0.758. The number of carbonyl (C=O) groups excluding carboxylic acids is 2. The molecule has 0 spiro atoms. The van der Waals surface area contributed by atoms with Crippen LogP contribution in [-0.2, 0) is 4.79 Å². The second-order valence-electron chi connectivity index (χ2n) is 5.15. The van der Waals surface area contributed by atoms with Crippen molar-refractivity contribution in [3.8, 4) is 11.5 Å². The van der Waals surface area contributed by atoms with Crippen molar-refractivity contribution in [2.24, 2.45) is 0 Å². The zero-order valence-electron chi connectivity index (χ0n) is 13.7. The number of imide groups is 1. The summed E-state index contributed by atoms with van der Waals surface area (Å²) in [6.07, 6.45) is 0. The normalized spacial score (nSPS) is 11.2. The molecule has 0 aliphatic rings. The lowest BCUT2D eigenvalue weighted by molar-refractivity contribution is -0.120. The van der Waals surface area contributed by atoms with E-state index in [1.54, 1.807) is 13.8 Å². The smallest absolute Gasteiger partial charge is 0.321 e. The van der Waals surface area contributed by atoms with Crippen molar-refractivity contribution < 1.29 is 14.3 Å². The molecule has 3 N–H and O–H groups in total. The quantitative estimate of drug-likeness (QED) is 0.761. The molecular formula is C18H21N3O3. The Labute approximate surface area is 141 Å². The highest BCUT2D eigenvalue weighted by molar-refractivity contribution is 5.97. The van der Waals surface area contributed by atoms with Crippen LogP contribution in [-0.4, -0.2) is 24.5 Å². The van der Waals surface area contributed by atoms with Crippen LogP contribution in [0.5, 0.6) is 11.5 Å². The molecule has 3 amide bonds. The standard InChI is InChI=1S/C18H21N3O3/c1-3-19-18(23)21-17(22)13(2)20-14-9-11-16(12-10-14)24-15-7-5-4-6-8-15/h4-13,20H,3H2,1-2H3,(H2,19,21,22,23)/t13-/m1/s1. The number of para-hydroxylation sites is 1. The molecule has 2 rings (SSSR count). The molecule has 24 heavy (non-hydrogen) atoms. The molecule has 2 aromatic carbocycles. The maximum atomic E-state index is 11.9. The summed E-state index contributed by atoms with van der Waals surface area (Å²) in [4.78, 5) is 23.2. The molecule has 0 bridgehead atoms. The van der Waals surface area contributed by atoms with E-state index in [2.05, 4.69) is 16.0 Å². The highest BCUT2D eigenvalue weighted by atomic mass is 16.5. The molecular weight excluding hydrogens is 306 g/mol. The average molecular weight is 327 g/mol. The van der Waals surface area contributed by atoms with Crippen molar-refractivity contribution in [3.63, 3.8) is 0 Å². The topological polar surface area (TPSA) is 79.5 Å². The van der Waals surface area contributed by atoms with Gasteiger partial charge in [-0.25, -0.2) is 4.79 Å². The van der Waals surface area contributed by atoms with Crippen molar-refractivity contribution in [2.45, 2.75) is 19.9 Å². The Bertz CT molecular complexity index is 672. The van der Waals surface area contributed by atoms with Gasteiger partial charge in [-0.3, -0.25) is 10.1 Å². The second-order valence-corrected chi connectivity index (χ2v) is 5.15. The first-order chi connectivity index (χ1) is 11.6. The molecule has 1 atom stereocenters. The lowest BCUT2D eigenvalue weighted by Crippen LogP contribution is -2.45. The van der Waals surface area contributed by atoms with Gasteiger partial charge in [-0.15, -0.1) is 0 Å². The number of hydrogen-bond donors (Lipinski definition) is 3. The molecule has 6 heteroatoms.